The summed E-state index contributed by atoms with van der Waals surface area (Å²) in [6.07, 6.45) is 0.594. The van der Waals surface area contributed by atoms with Gasteiger partial charge in [0, 0.05) is 13.2 Å². The number of carbonyl (C=O) groups excluding carboxylic acids is 1. The molecule has 0 atom stereocenters. The molecule has 1 aromatic rings. The van der Waals surface area contributed by atoms with E-state index in [1.165, 1.54) is 6.07 Å². The number of aliphatic hydroxyl groups is 1. The van der Waals surface area contributed by atoms with Crippen molar-refractivity contribution in [1.29, 1.82) is 0 Å². The lowest BCUT2D eigenvalue weighted by Crippen LogP contribution is -2.34. The fourth-order valence-electron chi connectivity index (χ4n) is 1.32. The van der Waals surface area contributed by atoms with Crippen LogP contribution >= 0.6 is 23.2 Å². The van der Waals surface area contributed by atoms with Crippen LogP contribution in [-0.4, -0.2) is 34.4 Å². The summed E-state index contributed by atoms with van der Waals surface area (Å²) in [5.41, 5.74) is -0.00214. The number of nitrogens with zero attached hydrogens (tertiary/aromatic N) is 2. The van der Waals surface area contributed by atoms with Gasteiger partial charge in [-0.25, -0.2) is 0 Å². The number of aromatic nitrogens is 2. The Hall–Kier alpha value is -0.910. The average Bonchev–Trinajstić information content (AvgIpc) is 2.29. The van der Waals surface area contributed by atoms with Crippen molar-refractivity contribution < 1.29 is 9.90 Å². The van der Waals surface area contributed by atoms with Crippen molar-refractivity contribution in [2.45, 2.75) is 20.3 Å². The third-order valence-electron chi connectivity index (χ3n) is 2.48. The molecule has 2 N–H and O–H groups in total. The standard InChI is InChI=1S/C11H15Cl2N3O2/c1-11(2,3-4-17)6-14-10(18)7-5-8(12)15-16-9(7)13/h5,17H,3-4,6H2,1-2H3,(H,14,18). The first-order chi connectivity index (χ1) is 8.35. The highest BCUT2D eigenvalue weighted by molar-refractivity contribution is 6.34. The van der Waals surface area contributed by atoms with Gasteiger partial charge in [0.05, 0.1) is 5.56 Å². The van der Waals surface area contributed by atoms with Crippen LogP contribution in [0.2, 0.25) is 10.3 Å². The second-order valence-corrected chi connectivity index (χ2v) is 5.44. The Morgan fingerprint density at radius 2 is 2.11 bits per heavy atom. The maximum absolute atomic E-state index is 11.9. The van der Waals surface area contributed by atoms with Crippen LogP contribution in [0.1, 0.15) is 30.6 Å². The molecule has 0 unspecified atom stereocenters. The lowest BCUT2D eigenvalue weighted by molar-refractivity contribution is 0.0928. The predicted molar refractivity (Wildman–Crippen MR) is 69.9 cm³/mol. The molecule has 100 valence electrons. The van der Waals surface area contributed by atoms with Crippen LogP contribution in [0.15, 0.2) is 6.07 Å². The highest BCUT2D eigenvalue weighted by Gasteiger charge is 2.20. The topological polar surface area (TPSA) is 75.1 Å². The van der Waals surface area contributed by atoms with Gasteiger partial charge in [0.15, 0.2) is 10.3 Å². The first-order valence-corrected chi connectivity index (χ1v) is 6.19. The van der Waals surface area contributed by atoms with E-state index in [0.29, 0.717) is 13.0 Å². The number of aliphatic hydroxyl groups excluding tert-OH is 1. The monoisotopic (exact) mass is 291 g/mol. The number of hydrogen-bond acceptors (Lipinski definition) is 4. The minimum atomic E-state index is -0.359. The molecule has 0 radical (unpaired) electrons. The normalized spacial score (nSPS) is 11.4. The second kappa shape index (κ2) is 6.31. The molecule has 0 aliphatic carbocycles. The van der Waals surface area contributed by atoms with Gasteiger partial charge in [-0.1, -0.05) is 37.0 Å². The van der Waals surface area contributed by atoms with E-state index in [1.54, 1.807) is 0 Å². The maximum Gasteiger partial charge on any atom is 0.254 e. The summed E-state index contributed by atoms with van der Waals surface area (Å²) in [6.45, 7) is 4.39. The van der Waals surface area contributed by atoms with Gasteiger partial charge in [-0.15, -0.1) is 10.2 Å². The van der Waals surface area contributed by atoms with Gasteiger partial charge in [0.25, 0.3) is 5.91 Å². The highest BCUT2D eigenvalue weighted by atomic mass is 35.5. The quantitative estimate of drug-likeness (QED) is 0.869. The zero-order chi connectivity index (χ0) is 13.8. The molecule has 0 aromatic carbocycles. The summed E-state index contributed by atoms with van der Waals surface area (Å²) < 4.78 is 0. The zero-order valence-corrected chi connectivity index (χ0v) is 11.7. The van der Waals surface area contributed by atoms with E-state index in [0.717, 1.165) is 0 Å². The van der Waals surface area contributed by atoms with Crippen molar-refractivity contribution in [2.24, 2.45) is 5.41 Å². The van der Waals surface area contributed by atoms with Gasteiger partial charge in [-0.05, 0) is 17.9 Å². The van der Waals surface area contributed by atoms with Crippen LogP contribution in [0.3, 0.4) is 0 Å². The molecule has 18 heavy (non-hydrogen) atoms. The van der Waals surface area contributed by atoms with E-state index in [4.69, 9.17) is 28.3 Å². The second-order valence-electron chi connectivity index (χ2n) is 4.69. The van der Waals surface area contributed by atoms with Crippen molar-refractivity contribution in [3.8, 4) is 0 Å². The molecule has 0 bridgehead atoms. The van der Waals surface area contributed by atoms with Crippen molar-refractivity contribution in [1.82, 2.24) is 15.5 Å². The van der Waals surface area contributed by atoms with E-state index in [9.17, 15) is 4.79 Å². The fourth-order valence-corrected chi connectivity index (χ4v) is 1.64. The molecule has 0 aliphatic heterocycles. The molecule has 0 aliphatic rings. The molecule has 0 saturated carbocycles. The Morgan fingerprint density at radius 3 is 2.72 bits per heavy atom. The first-order valence-electron chi connectivity index (χ1n) is 5.43. The van der Waals surface area contributed by atoms with Gasteiger partial charge >= 0.3 is 0 Å². The summed E-state index contributed by atoms with van der Waals surface area (Å²) >= 11 is 11.4. The molecular weight excluding hydrogens is 277 g/mol. The minimum absolute atomic E-state index is 0.0110. The molecule has 0 spiro atoms. The van der Waals surface area contributed by atoms with Gasteiger partial charge in [-0.3, -0.25) is 4.79 Å². The Labute approximate surface area is 116 Å². The van der Waals surface area contributed by atoms with E-state index in [-0.39, 0.29) is 33.8 Å². The molecule has 7 heteroatoms. The number of amides is 1. The molecule has 1 aromatic heterocycles. The van der Waals surface area contributed by atoms with Crippen LogP contribution in [0.25, 0.3) is 0 Å². The maximum atomic E-state index is 11.9. The predicted octanol–water partition coefficient (Wildman–Crippen LogP) is 1.92. The first kappa shape index (κ1) is 15.1. The van der Waals surface area contributed by atoms with E-state index >= 15 is 0 Å². The number of hydrogen-bond donors (Lipinski definition) is 2. The Kier molecular flexibility index (Phi) is 5.31. The lowest BCUT2D eigenvalue weighted by Gasteiger charge is -2.23. The highest BCUT2D eigenvalue weighted by Crippen LogP contribution is 2.19. The van der Waals surface area contributed by atoms with Crippen LogP contribution in [0.5, 0.6) is 0 Å². The van der Waals surface area contributed by atoms with Gasteiger partial charge in [0.1, 0.15) is 0 Å². The molecule has 0 saturated heterocycles. The van der Waals surface area contributed by atoms with Crippen molar-refractivity contribution >= 4 is 29.1 Å². The Morgan fingerprint density at radius 1 is 1.44 bits per heavy atom. The number of carbonyl (C=O) groups is 1. The van der Waals surface area contributed by atoms with E-state index < -0.39 is 0 Å². The van der Waals surface area contributed by atoms with Crippen LogP contribution in [0, 0.1) is 5.41 Å². The summed E-state index contributed by atoms with van der Waals surface area (Å²) in [5, 5.41) is 18.8. The Bertz CT molecular complexity index is 438. The van der Waals surface area contributed by atoms with Crippen LogP contribution < -0.4 is 5.32 Å². The molecule has 0 fully saturated rings. The average molecular weight is 292 g/mol. The largest absolute Gasteiger partial charge is 0.396 e. The Balaban J connectivity index is 2.69. The van der Waals surface area contributed by atoms with Gasteiger partial charge < -0.3 is 10.4 Å². The number of halogens is 2. The van der Waals surface area contributed by atoms with Gasteiger partial charge in [0.2, 0.25) is 0 Å². The van der Waals surface area contributed by atoms with E-state index in [2.05, 4.69) is 15.5 Å². The van der Waals surface area contributed by atoms with Crippen LogP contribution in [0.4, 0.5) is 0 Å². The van der Waals surface area contributed by atoms with Crippen molar-refractivity contribution in [2.75, 3.05) is 13.2 Å². The lowest BCUT2D eigenvalue weighted by atomic mass is 9.90. The summed E-state index contributed by atoms with van der Waals surface area (Å²) in [7, 11) is 0. The molecule has 5 nitrogen and oxygen atoms in total. The zero-order valence-electron chi connectivity index (χ0n) is 10.2. The molecule has 1 amide bonds. The number of nitrogens with one attached hydrogen (secondary N) is 1. The summed E-state index contributed by atoms with van der Waals surface area (Å²) in [6, 6.07) is 1.37. The molecular formula is C11H15Cl2N3O2. The fraction of sp³-hybridized carbons (Fsp3) is 0.545. The SMILES string of the molecule is CC(C)(CCO)CNC(=O)c1cc(Cl)nnc1Cl. The summed E-state index contributed by atoms with van der Waals surface area (Å²) in [4.78, 5) is 11.9. The third kappa shape index (κ3) is 4.40. The van der Waals surface area contributed by atoms with Crippen LogP contribution in [-0.2, 0) is 0 Å². The van der Waals surface area contributed by atoms with Gasteiger partial charge in [-0.2, -0.15) is 0 Å². The number of rotatable bonds is 5. The summed E-state index contributed by atoms with van der Waals surface area (Å²) in [5.74, 6) is -0.359. The van der Waals surface area contributed by atoms with E-state index in [1.807, 2.05) is 13.8 Å². The van der Waals surface area contributed by atoms with Crippen molar-refractivity contribution in [3.63, 3.8) is 0 Å². The molecule has 1 rings (SSSR count). The third-order valence-corrected chi connectivity index (χ3v) is 2.94. The smallest absolute Gasteiger partial charge is 0.254 e. The minimum Gasteiger partial charge on any atom is -0.396 e. The van der Waals surface area contributed by atoms with Crippen molar-refractivity contribution in [3.05, 3.63) is 21.9 Å². The molecule has 1 heterocycles.